The van der Waals surface area contributed by atoms with Crippen molar-refractivity contribution in [2.75, 3.05) is 12.4 Å². The van der Waals surface area contributed by atoms with E-state index in [2.05, 4.69) is 10.6 Å². The Hall–Kier alpha value is -3.19. The minimum absolute atomic E-state index is 0.178. The first-order valence-electron chi connectivity index (χ1n) is 7.78. The van der Waals surface area contributed by atoms with Crippen molar-refractivity contribution >= 4 is 39.9 Å². The van der Waals surface area contributed by atoms with Gasteiger partial charge in [-0.25, -0.2) is 4.79 Å². The molecule has 0 unspecified atom stereocenters. The fourth-order valence-corrected chi connectivity index (χ4v) is 2.82. The Morgan fingerprint density at radius 1 is 1.12 bits per heavy atom. The Bertz CT molecular complexity index is 1060. The highest BCUT2D eigenvalue weighted by molar-refractivity contribution is 7.80. The standard InChI is InChI=1S/C19H16N2O4S/c1-11(22)20-19(26)21-13-7-8-14(17(10-13)24-2)15-9-12-5-3-4-6-16(12)25-18(15)23/h3-10H,1-2H3,(H2,20,21,22,26). The molecule has 0 saturated heterocycles. The van der Waals surface area contributed by atoms with Gasteiger partial charge in [-0.05, 0) is 36.5 Å². The average Bonchev–Trinajstić information content (AvgIpc) is 2.60. The largest absolute Gasteiger partial charge is 0.496 e. The third-order valence-corrected chi connectivity index (χ3v) is 3.88. The van der Waals surface area contributed by atoms with Gasteiger partial charge in [-0.2, -0.15) is 0 Å². The van der Waals surface area contributed by atoms with Crippen LogP contribution in [-0.4, -0.2) is 18.1 Å². The van der Waals surface area contributed by atoms with Crippen molar-refractivity contribution in [1.29, 1.82) is 0 Å². The van der Waals surface area contributed by atoms with Crippen molar-refractivity contribution in [3.63, 3.8) is 0 Å². The normalized spacial score (nSPS) is 10.4. The van der Waals surface area contributed by atoms with Crippen LogP contribution in [0.4, 0.5) is 5.69 Å². The first kappa shape index (κ1) is 17.6. The molecule has 1 amide bonds. The molecule has 2 N–H and O–H groups in total. The molecular weight excluding hydrogens is 352 g/mol. The summed E-state index contributed by atoms with van der Waals surface area (Å²) in [5, 5.41) is 6.36. The quantitative estimate of drug-likeness (QED) is 0.545. The number of benzene rings is 2. The summed E-state index contributed by atoms with van der Waals surface area (Å²) in [5.74, 6) is 0.211. The van der Waals surface area contributed by atoms with Crippen LogP contribution in [0, 0.1) is 0 Å². The Kier molecular flexibility index (Phi) is 4.99. The molecule has 7 heteroatoms. The lowest BCUT2D eigenvalue weighted by Crippen LogP contribution is -2.32. The molecule has 0 aliphatic heterocycles. The number of hydrogen-bond acceptors (Lipinski definition) is 5. The predicted molar refractivity (Wildman–Crippen MR) is 105 cm³/mol. The number of thiocarbonyl (C=S) groups is 1. The van der Waals surface area contributed by atoms with Crippen LogP contribution in [0.3, 0.4) is 0 Å². The number of para-hydroxylation sites is 1. The number of carbonyl (C=O) groups is 1. The zero-order chi connectivity index (χ0) is 18.7. The van der Waals surface area contributed by atoms with Gasteiger partial charge in [-0.3, -0.25) is 4.79 Å². The Balaban J connectivity index is 2.01. The summed E-state index contributed by atoms with van der Waals surface area (Å²) in [7, 11) is 1.51. The van der Waals surface area contributed by atoms with E-state index in [1.54, 1.807) is 30.3 Å². The summed E-state index contributed by atoms with van der Waals surface area (Å²) in [5.41, 5.74) is 1.70. The SMILES string of the molecule is COc1cc(NC(=S)NC(C)=O)ccc1-c1cc2ccccc2oc1=O. The number of amides is 1. The lowest BCUT2D eigenvalue weighted by atomic mass is 10.0. The fourth-order valence-electron chi connectivity index (χ4n) is 2.56. The summed E-state index contributed by atoms with van der Waals surface area (Å²) in [6.45, 7) is 1.37. The van der Waals surface area contributed by atoms with Gasteiger partial charge in [-0.1, -0.05) is 18.2 Å². The van der Waals surface area contributed by atoms with Gasteiger partial charge in [0.2, 0.25) is 5.91 Å². The molecule has 0 bridgehead atoms. The molecule has 132 valence electrons. The third kappa shape index (κ3) is 3.73. The molecule has 3 rings (SSSR count). The highest BCUT2D eigenvalue weighted by atomic mass is 32.1. The minimum atomic E-state index is -0.448. The summed E-state index contributed by atoms with van der Waals surface area (Å²) in [6.07, 6.45) is 0. The molecule has 0 aliphatic carbocycles. The van der Waals surface area contributed by atoms with Gasteiger partial charge in [0.15, 0.2) is 5.11 Å². The van der Waals surface area contributed by atoms with Gasteiger partial charge in [-0.15, -0.1) is 0 Å². The van der Waals surface area contributed by atoms with Crippen molar-refractivity contribution in [2.24, 2.45) is 0 Å². The Labute approximate surface area is 154 Å². The molecule has 26 heavy (non-hydrogen) atoms. The van der Waals surface area contributed by atoms with Crippen molar-refractivity contribution in [3.05, 3.63) is 59.0 Å². The zero-order valence-electron chi connectivity index (χ0n) is 14.2. The van der Waals surface area contributed by atoms with Gasteiger partial charge >= 0.3 is 5.63 Å². The smallest absolute Gasteiger partial charge is 0.344 e. The number of hydrogen-bond donors (Lipinski definition) is 2. The van der Waals surface area contributed by atoms with E-state index in [-0.39, 0.29) is 11.0 Å². The first-order chi connectivity index (χ1) is 12.5. The van der Waals surface area contributed by atoms with Crippen LogP contribution in [0.2, 0.25) is 0 Å². The lowest BCUT2D eigenvalue weighted by molar-refractivity contribution is -0.117. The zero-order valence-corrected chi connectivity index (χ0v) is 15.0. The second kappa shape index (κ2) is 7.37. The number of fused-ring (bicyclic) bond motifs is 1. The lowest BCUT2D eigenvalue weighted by Gasteiger charge is -2.12. The van der Waals surface area contributed by atoms with Crippen LogP contribution in [0.25, 0.3) is 22.1 Å². The van der Waals surface area contributed by atoms with Crippen LogP contribution in [0.1, 0.15) is 6.92 Å². The highest BCUT2D eigenvalue weighted by Gasteiger charge is 2.13. The molecule has 0 radical (unpaired) electrons. The second-order valence-corrected chi connectivity index (χ2v) is 5.94. The van der Waals surface area contributed by atoms with Crippen LogP contribution in [-0.2, 0) is 4.79 Å². The maximum atomic E-state index is 12.4. The van der Waals surface area contributed by atoms with Crippen molar-refractivity contribution < 1.29 is 13.9 Å². The monoisotopic (exact) mass is 368 g/mol. The van der Waals surface area contributed by atoms with E-state index < -0.39 is 5.63 Å². The topological polar surface area (TPSA) is 80.6 Å². The fraction of sp³-hybridized carbons (Fsp3) is 0.105. The van der Waals surface area contributed by atoms with Gasteiger partial charge in [0.1, 0.15) is 11.3 Å². The van der Waals surface area contributed by atoms with Gasteiger partial charge in [0.05, 0.1) is 12.7 Å². The van der Waals surface area contributed by atoms with Gasteiger partial charge in [0.25, 0.3) is 0 Å². The van der Waals surface area contributed by atoms with E-state index in [9.17, 15) is 9.59 Å². The van der Waals surface area contributed by atoms with Crippen molar-refractivity contribution in [3.8, 4) is 16.9 Å². The van der Waals surface area contributed by atoms with Gasteiger partial charge in [0, 0.05) is 29.6 Å². The van der Waals surface area contributed by atoms with Crippen LogP contribution in [0.5, 0.6) is 5.75 Å². The van der Waals surface area contributed by atoms with Crippen LogP contribution in [0.15, 0.2) is 57.7 Å². The van der Waals surface area contributed by atoms with Crippen LogP contribution >= 0.6 is 12.2 Å². The third-order valence-electron chi connectivity index (χ3n) is 3.68. The molecular formula is C19H16N2O4S. The van der Waals surface area contributed by atoms with Gasteiger partial charge < -0.3 is 19.8 Å². The molecule has 2 aromatic carbocycles. The predicted octanol–water partition coefficient (Wildman–Crippen LogP) is 3.30. The molecule has 0 spiro atoms. The summed E-state index contributed by atoms with van der Waals surface area (Å²) in [6, 6.07) is 14.2. The van der Waals surface area contributed by atoms with E-state index in [1.165, 1.54) is 14.0 Å². The van der Waals surface area contributed by atoms with E-state index in [0.29, 0.717) is 28.1 Å². The number of anilines is 1. The maximum absolute atomic E-state index is 12.4. The number of methoxy groups -OCH3 is 1. The average molecular weight is 368 g/mol. The molecule has 3 aromatic rings. The molecule has 0 atom stereocenters. The van der Waals surface area contributed by atoms with Crippen LogP contribution < -0.4 is 21.0 Å². The summed E-state index contributed by atoms with van der Waals surface area (Å²) < 4.78 is 10.8. The van der Waals surface area contributed by atoms with E-state index >= 15 is 0 Å². The molecule has 0 fully saturated rings. The van der Waals surface area contributed by atoms with Crippen molar-refractivity contribution in [1.82, 2.24) is 5.32 Å². The van der Waals surface area contributed by atoms with E-state index in [1.807, 2.05) is 18.2 Å². The van der Waals surface area contributed by atoms with Crippen molar-refractivity contribution in [2.45, 2.75) is 6.92 Å². The number of ether oxygens (including phenoxy) is 1. The Morgan fingerprint density at radius 3 is 2.62 bits per heavy atom. The maximum Gasteiger partial charge on any atom is 0.344 e. The summed E-state index contributed by atoms with van der Waals surface area (Å²) >= 11 is 5.04. The second-order valence-electron chi connectivity index (χ2n) is 5.54. The number of carbonyl (C=O) groups excluding carboxylic acids is 1. The summed E-state index contributed by atoms with van der Waals surface area (Å²) in [4.78, 5) is 23.4. The number of rotatable bonds is 3. The molecule has 0 aliphatic rings. The highest BCUT2D eigenvalue weighted by Crippen LogP contribution is 2.32. The van der Waals surface area contributed by atoms with E-state index in [0.717, 1.165) is 5.39 Å². The Morgan fingerprint density at radius 2 is 1.88 bits per heavy atom. The molecule has 1 aromatic heterocycles. The minimum Gasteiger partial charge on any atom is -0.496 e. The number of nitrogens with one attached hydrogen (secondary N) is 2. The molecule has 6 nitrogen and oxygen atoms in total. The molecule has 0 saturated carbocycles. The molecule has 1 heterocycles. The first-order valence-corrected chi connectivity index (χ1v) is 8.18. The van der Waals surface area contributed by atoms with E-state index in [4.69, 9.17) is 21.4 Å².